The van der Waals surface area contributed by atoms with E-state index in [1.54, 1.807) is 0 Å². The number of benzene rings is 3. The molecule has 1 heterocycles. The van der Waals surface area contributed by atoms with E-state index >= 15 is 0 Å². The van der Waals surface area contributed by atoms with E-state index in [4.69, 9.17) is 0 Å². The highest BCUT2D eigenvalue weighted by Crippen LogP contribution is 2.30. The Hall–Kier alpha value is -3.14. The van der Waals surface area contributed by atoms with Crippen LogP contribution in [-0.4, -0.2) is 23.9 Å². The highest BCUT2D eigenvalue weighted by molar-refractivity contribution is 5.83. The third-order valence-corrected chi connectivity index (χ3v) is 6.40. The molecule has 1 aliphatic heterocycles. The van der Waals surface area contributed by atoms with Crippen molar-refractivity contribution in [3.63, 3.8) is 0 Å². The van der Waals surface area contributed by atoms with Crippen LogP contribution in [-0.2, 0) is 16.0 Å². The van der Waals surface area contributed by atoms with Gasteiger partial charge in [-0.25, -0.2) is 0 Å². The second-order valence-corrected chi connectivity index (χ2v) is 8.80. The van der Waals surface area contributed by atoms with Crippen molar-refractivity contribution in [1.82, 2.24) is 10.6 Å². The van der Waals surface area contributed by atoms with Crippen molar-refractivity contribution in [3.05, 3.63) is 83.9 Å². The first-order valence-electron chi connectivity index (χ1n) is 11.1. The summed E-state index contributed by atoms with van der Waals surface area (Å²) in [6.07, 6.45) is 3.11. The molecule has 31 heavy (non-hydrogen) atoms. The summed E-state index contributed by atoms with van der Waals surface area (Å²) in [5.74, 6) is 0.392. The first-order valence-corrected chi connectivity index (χ1v) is 11.1. The molecule has 3 aromatic rings. The molecule has 4 nitrogen and oxygen atoms in total. The van der Waals surface area contributed by atoms with Gasteiger partial charge in [-0.3, -0.25) is 9.59 Å². The average Bonchev–Trinajstić information content (AvgIpc) is 3.17. The molecule has 0 unspecified atom stereocenters. The normalized spacial score (nSPS) is 19.2. The van der Waals surface area contributed by atoms with Gasteiger partial charge in [0.2, 0.25) is 11.8 Å². The Kier molecular flexibility index (Phi) is 6.36. The van der Waals surface area contributed by atoms with Crippen LogP contribution in [0.15, 0.2) is 72.8 Å². The highest BCUT2D eigenvalue weighted by atomic mass is 16.2. The van der Waals surface area contributed by atoms with Gasteiger partial charge < -0.3 is 10.6 Å². The van der Waals surface area contributed by atoms with Gasteiger partial charge in [0.25, 0.3) is 0 Å². The summed E-state index contributed by atoms with van der Waals surface area (Å²) in [6.45, 7) is 2.74. The Bertz CT molecular complexity index is 1060. The van der Waals surface area contributed by atoms with Crippen LogP contribution in [0.25, 0.3) is 10.8 Å². The van der Waals surface area contributed by atoms with Crippen molar-refractivity contribution in [2.45, 2.75) is 50.5 Å². The Morgan fingerprint density at radius 2 is 1.77 bits per heavy atom. The number of hydrogen-bond donors (Lipinski definition) is 2. The van der Waals surface area contributed by atoms with Gasteiger partial charge >= 0.3 is 0 Å². The maximum atomic E-state index is 12.6. The molecule has 0 aromatic heterocycles. The molecule has 2 amide bonds. The van der Waals surface area contributed by atoms with Crippen molar-refractivity contribution >= 4 is 22.6 Å². The van der Waals surface area contributed by atoms with Crippen molar-refractivity contribution in [2.24, 2.45) is 0 Å². The lowest BCUT2D eigenvalue weighted by Crippen LogP contribution is -2.44. The molecule has 2 atom stereocenters. The summed E-state index contributed by atoms with van der Waals surface area (Å²) in [6, 6.07) is 25.0. The SMILES string of the molecule is C[C@@H](CNC(=O)CC[C@]1(Cc2ccc3ccccc3c2)CCC(=O)N1)c1ccccc1. The molecule has 3 aromatic carbocycles. The lowest BCUT2D eigenvalue weighted by Gasteiger charge is -2.29. The summed E-state index contributed by atoms with van der Waals surface area (Å²) in [5.41, 5.74) is 2.07. The van der Waals surface area contributed by atoms with E-state index in [-0.39, 0.29) is 23.3 Å². The molecule has 1 aliphatic rings. The number of amides is 2. The second-order valence-electron chi connectivity index (χ2n) is 8.80. The predicted octanol–water partition coefficient (Wildman–Crippen LogP) is 4.73. The van der Waals surface area contributed by atoms with Crippen LogP contribution in [0.1, 0.15) is 49.7 Å². The molecule has 1 fully saturated rings. The number of carbonyl (C=O) groups excluding carboxylic acids is 2. The van der Waals surface area contributed by atoms with Crippen LogP contribution >= 0.6 is 0 Å². The number of hydrogen-bond acceptors (Lipinski definition) is 2. The third-order valence-electron chi connectivity index (χ3n) is 6.40. The lowest BCUT2D eigenvalue weighted by molar-refractivity contribution is -0.122. The molecule has 2 N–H and O–H groups in total. The van der Waals surface area contributed by atoms with Crippen LogP contribution in [0.3, 0.4) is 0 Å². The maximum Gasteiger partial charge on any atom is 0.220 e. The standard InChI is InChI=1S/C27H30N2O2/c1-20(22-7-3-2-4-8-22)19-28-25(30)13-15-27(16-14-26(31)29-27)18-21-11-12-23-9-5-6-10-24(23)17-21/h2-12,17,20H,13-16,18-19H2,1H3,(H,28,30)(H,29,31)/t20-,27+/m0/s1. The van der Waals surface area contributed by atoms with Gasteiger partial charge in [-0.05, 0) is 47.1 Å². The third kappa shape index (κ3) is 5.32. The van der Waals surface area contributed by atoms with Crippen molar-refractivity contribution in [1.29, 1.82) is 0 Å². The van der Waals surface area contributed by atoms with Crippen LogP contribution in [0.4, 0.5) is 0 Å². The molecule has 0 bridgehead atoms. The van der Waals surface area contributed by atoms with Crippen molar-refractivity contribution < 1.29 is 9.59 Å². The smallest absolute Gasteiger partial charge is 0.220 e. The minimum atomic E-state index is -0.345. The van der Waals surface area contributed by atoms with Gasteiger partial charge in [0, 0.05) is 24.9 Å². The first kappa shape index (κ1) is 21.1. The summed E-state index contributed by atoms with van der Waals surface area (Å²) in [4.78, 5) is 24.6. The molecule has 0 saturated carbocycles. The molecule has 0 aliphatic carbocycles. The molecular formula is C27H30N2O2. The van der Waals surface area contributed by atoms with E-state index < -0.39 is 0 Å². The van der Waals surface area contributed by atoms with Crippen LogP contribution in [0.2, 0.25) is 0 Å². The Labute approximate surface area is 184 Å². The molecule has 1 saturated heterocycles. The number of rotatable bonds is 8. The van der Waals surface area contributed by atoms with Crippen LogP contribution < -0.4 is 10.6 Å². The molecule has 160 valence electrons. The zero-order valence-corrected chi connectivity index (χ0v) is 18.1. The molecule has 0 spiro atoms. The monoisotopic (exact) mass is 414 g/mol. The summed E-state index contributed by atoms with van der Waals surface area (Å²) < 4.78 is 0. The van der Waals surface area contributed by atoms with Gasteiger partial charge in [-0.1, -0.05) is 79.7 Å². The average molecular weight is 415 g/mol. The van der Waals surface area contributed by atoms with E-state index in [0.29, 0.717) is 25.8 Å². The number of fused-ring (bicyclic) bond motifs is 1. The first-order chi connectivity index (χ1) is 15.0. The number of carbonyl (C=O) groups is 2. The number of nitrogens with one attached hydrogen (secondary N) is 2. The Balaban J connectivity index is 1.37. The molecule has 4 rings (SSSR count). The highest BCUT2D eigenvalue weighted by Gasteiger charge is 2.37. The van der Waals surface area contributed by atoms with Gasteiger partial charge in [0.1, 0.15) is 0 Å². The molecule has 0 radical (unpaired) electrons. The maximum absolute atomic E-state index is 12.6. The summed E-state index contributed by atoms with van der Waals surface area (Å²) >= 11 is 0. The molecular weight excluding hydrogens is 384 g/mol. The van der Waals surface area contributed by atoms with E-state index in [1.165, 1.54) is 21.9 Å². The van der Waals surface area contributed by atoms with E-state index in [9.17, 15) is 9.59 Å². The summed E-state index contributed by atoms with van der Waals surface area (Å²) in [7, 11) is 0. The van der Waals surface area contributed by atoms with Crippen molar-refractivity contribution in [2.75, 3.05) is 6.54 Å². The predicted molar refractivity (Wildman–Crippen MR) is 125 cm³/mol. The van der Waals surface area contributed by atoms with Gasteiger partial charge in [0.15, 0.2) is 0 Å². The Morgan fingerprint density at radius 3 is 2.52 bits per heavy atom. The molecule has 4 heteroatoms. The van der Waals surface area contributed by atoms with E-state index in [2.05, 4.69) is 60.0 Å². The topological polar surface area (TPSA) is 58.2 Å². The summed E-state index contributed by atoms with van der Waals surface area (Å²) in [5, 5.41) is 8.67. The largest absolute Gasteiger partial charge is 0.356 e. The zero-order chi connectivity index (χ0) is 21.7. The van der Waals surface area contributed by atoms with E-state index in [0.717, 1.165) is 12.8 Å². The Morgan fingerprint density at radius 1 is 1.03 bits per heavy atom. The van der Waals surface area contributed by atoms with E-state index in [1.807, 2.05) is 30.3 Å². The van der Waals surface area contributed by atoms with Crippen molar-refractivity contribution in [3.8, 4) is 0 Å². The minimum Gasteiger partial charge on any atom is -0.356 e. The fraction of sp³-hybridized carbons (Fsp3) is 0.333. The minimum absolute atomic E-state index is 0.0433. The zero-order valence-electron chi connectivity index (χ0n) is 18.1. The lowest BCUT2D eigenvalue weighted by atomic mass is 9.84. The van der Waals surface area contributed by atoms with Crippen LogP contribution in [0.5, 0.6) is 0 Å². The fourth-order valence-corrected chi connectivity index (χ4v) is 4.53. The van der Waals surface area contributed by atoms with Crippen LogP contribution in [0, 0.1) is 0 Å². The quantitative estimate of drug-likeness (QED) is 0.560. The second kappa shape index (κ2) is 9.34. The van der Waals surface area contributed by atoms with Gasteiger partial charge in [0.05, 0.1) is 0 Å². The van der Waals surface area contributed by atoms with Gasteiger partial charge in [-0.15, -0.1) is 0 Å². The van der Waals surface area contributed by atoms with Gasteiger partial charge in [-0.2, -0.15) is 0 Å². The fourth-order valence-electron chi connectivity index (χ4n) is 4.53.